The highest BCUT2D eigenvalue weighted by Gasteiger charge is 2.13. The third-order valence-corrected chi connectivity index (χ3v) is 4.29. The summed E-state index contributed by atoms with van der Waals surface area (Å²) in [5.41, 5.74) is 4.70. The first-order valence-electron chi connectivity index (χ1n) is 6.55. The minimum atomic E-state index is -0.324. The maximum atomic E-state index is 13.7. The second kappa shape index (κ2) is 6.40. The standard InChI is InChI=1S/C17H18BrFO/c1-11-4-5-12(2)14(8-11)9-15(18)13-6-7-17(20-3)16(19)10-13/h4-8,10,15H,9H2,1-3H3. The molecule has 0 aliphatic heterocycles. The Morgan fingerprint density at radius 3 is 2.55 bits per heavy atom. The largest absolute Gasteiger partial charge is 0.494 e. The average Bonchev–Trinajstić information content (AvgIpc) is 2.42. The van der Waals surface area contributed by atoms with E-state index in [0.717, 1.165) is 12.0 Å². The van der Waals surface area contributed by atoms with E-state index in [1.165, 1.54) is 29.9 Å². The zero-order valence-corrected chi connectivity index (χ0v) is 13.5. The molecule has 0 heterocycles. The SMILES string of the molecule is COc1ccc(C(Br)Cc2cc(C)ccc2C)cc1F. The molecule has 0 radical (unpaired) electrons. The molecule has 2 rings (SSSR count). The topological polar surface area (TPSA) is 9.23 Å². The van der Waals surface area contributed by atoms with E-state index >= 15 is 0 Å². The molecule has 0 aliphatic rings. The number of rotatable bonds is 4. The van der Waals surface area contributed by atoms with E-state index in [-0.39, 0.29) is 16.4 Å². The molecular formula is C17H18BrFO. The van der Waals surface area contributed by atoms with Gasteiger partial charge in [0.05, 0.1) is 7.11 Å². The minimum Gasteiger partial charge on any atom is -0.494 e. The summed E-state index contributed by atoms with van der Waals surface area (Å²) in [6.07, 6.45) is 0.833. The molecule has 1 atom stereocenters. The number of halogens is 2. The molecule has 0 N–H and O–H groups in total. The Labute approximate surface area is 127 Å². The molecule has 2 aromatic carbocycles. The number of ether oxygens (including phenoxy) is 1. The molecule has 0 saturated heterocycles. The van der Waals surface area contributed by atoms with Gasteiger partial charge in [-0.15, -0.1) is 0 Å². The van der Waals surface area contributed by atoms with Crippen molar-refractivity contribution in [1.29, 1.82) is 0 Å². The number of alkyl halides is 1. The first-order chi connectivity index (χ1) is 9.51. The molecule has 0 amide bonds. The fourth-order valence-corrected chi connectivity index (χ4v) is 2.84. The number of aryl methyl sites for hydroxylation is 2. The van der Waals surface area contributed by atoms with Crippen LogP contribution in [0.4, 0.5) is 4.39 Å². The zero-order chi connectivity index (χ0) is 14.7. The van der Waals surface area contributed by atoms with Gasteiger partial charge in [-0.3, -0.25) is 0 Å². The van der Waals surface area contributed by atoms with E-state index in [1.54, 1.807) is 6.07 Å². The van der Waals surface area contributed by atoms with Gasteiger partial charge in [-0.05, 0) is 49.1 Å². The van der Waals surface area contributed by atoms with Crippen molar-refractivity contribution in [2.45, 2.75) is 25.1 Å². The van der Waals surface area contributed by atoms with Crippen LogP contribution in [0.15, 0.2) is 36.4 Å². The zero-order valence-electron chi connectivity index (χ0n) is 11.9. The Morgan fingerprint density at radius 1 is 1.15 bits per heavy atom. The summed E-state index contributed by atoms with van der Waals surface area (Å²) in [5, 5.41) is 0. The molecule has 0 saturated carbocycles. The quantitative estimate of drug-likeness (QED) is 0.703. The van der Waals surface area contributed by atoms with Crippen molar-refractivity contribution in [2.24, 2.45) is 0 Å². The fraction of sp³-hybridized carbons (Fsp3) is 0.294. The van der Waals surface area contributed by atoms with Crippen molar-refractivity contribution in [1.82, 2.24) is 0 Å². The summed E-state index contributed by atoms with van der Waals surface area (Å²) >= 11 is 3.65. The molecule has 1 unspecified atom stereocenters. The van der Waals surface area contributed by atoms with Crippen molar-refractivity contribution in [3.8, 4) is 5.75 Å². The van der Waals surface area contributed by atoms with Gasteiger partial charge in [0.1, 0.15) is 0 Å². The Morgan fingerprint density at radius 2 is 1.90 bits per heavy atom. The summed E-state index contributed by atoms with van der Waals surface area (Å²) in [6, 6.07) is 11.5. The number of hydrogen-bond donors (Lipinski definition) is 0. The molecule has 106 valence electrons. The molecule has 3 heteroatoms. The molecule has 2 aromatic rings. The predicted octanol–water partition coefficient (Wildman–Crippen LogP) is 5.13. The van der Waals surface area contributed by atoms with Gasteiger partial charge >= 0.3 is 0 Å². The highest BCUT2D eigenvalue weighted by molar-refractivity contribution is 9.09. The molecule has 20 heavy (non-hydrogen) atoms. The fourth-order valence-electron chi connectivity index (χ4n) is 2.21. The average molecular weight is 337 g/mol. The van der Waals surface area contributed by atoms with E-state index in [0.29, 0.717) is 0 Å². The van der Waals surface area contributed by atoms with Crippen LogP contribution in [0.5, 0.6) is 5.75 Å². The molecule has 0 fully saturated rings. The van der Waals surface area contributed by atoms with Gasteiger partial charge < -0.3 is 4.74 Å². The maximum absolute atomic E-state index is 13.7. The predicted molar refractivity (Wildman–Crippen MR) is 84.2 cm³/mol. The van der Waals surface area contributed by atoms with E-state index in [9.17, 15) is 4.39 Å². The molecule has 0 aromatic heterocycles. The molecular weight excluding hydrogens is 319 g/mol. The summed E-state index contributed by atoms with van der Waals surface area (Å²) in [4.78, 5) is 0.0865. The van der Waals surface area contributed by atoms with Gasteiger partial charge in [0.25, 0.3) is 0 Å². The van der Waals surface area contributed by atoms with Crippen LogP contribution >= 0.6 is 15.9 Å². The normalized spacial score (nSPS) is 12.2. The van der Waals surface area contributed by atoms with Crippen molar-refractivity contribution in [3.05, 3.63) is 64.5 Å². The van der Waals surface area contributed by atoms with Crippen LogP contribution in [0.25, 0.3) is 0 Å². The lowest BCUT2D eigenvalue weighted by molar-refractivity contribution is 0.386. The van der Waals surface area contributed by atoms with Gasteiger partial charge in [0.2, 0.25) is 0 Å². The first kappa shape index (κ1) is 15.0. The highest BCUT2D eigenvalue weighted by Crippen LogP contribution is 2.31. The van der Waals surface area contributed by atoms with Gasteiger partial charge in [-0.25, -0.2) is 4.39 Å². The van der Waals surface area contributed by atoms with Crippen molar-refractivity contribution < 1.29 is 9.13 Å². The maximum Gasteiger partial charge on any atom is 0.165 e. The summed E-state index contributed by atoms with van der Waals surface area (Å²) < 4.78 is 18.7. The molecule has 0 bridgehead atoms. The van der Waals surface area contributed by atoms with E-state index in [4.69, 9.17) is 4.74 Å². The van der Waals surface area contributed by atoms with Crippen LogP contribution in [-0.2, 0) is 6.42 Å². The van der Waals surface area contributed by atoms with Crippen LogP contribution in [0.2, 0.25) is 0 Å². The Kier molecular flexibility index (Phi) is 4.81. The van der Waals surface area contributed by atoms with Gasteiger partial charge in [0.15, 0.2) is 11.6 Å². The van der Waals surface area contributed by atoms with Gasteiger partial charge in [0, 0.05) is 4.83 Å². The highest BCUT2D eigenvalue weighted by atomic mass is 79.9. The van der Waals surface area contributed by atoms with Crippen LogP contribution in [0.1, 0.15) is 27.1 Å². The summed E-state index contributed by atoms with van der Waals surface area (Å²) in [5.74, 6) is -0.0457. The Balaban J connectivity index is 2.21. The lowest BCUT2D eigenvalue weighted by atomic mass is 9.98. The monoisotopic (exact) mass is 336 g/mol. The molecule has 0 aliphatic carbocycles. The van der Waals surface area contributed by atoms with Gasteiger partial charge in [-0.1, -0.05) is 45.8 Å². The van der Waals surface area contributed by atoms with Crippen LogP contribution in [0.3, 0.4) is 0 Å². The van der Waals surface area contributed by atoms with Crippen LogP contribution in [0, 0.1) is 19.7 Å². The van der Waals surface area contributed by atoms with Crippen molar-refractivity contribution in [2.75, 3.05) is 7.11 Å². The third kappa shape index (κ3) is 3.40. The van der Waals surface area contributed by atoms with Crippen LogP contribution < -0.4 is 4.74 Å². The van der Waals surface area contributed by atoms with Crippen LogP contribution in [-0.4, -0.2) is 7.11 Å². The number of benzene rings is 2. The lowest BCUT2D eigenvalue weighted by Crippen LogP contribution is -1.99. The number of hydrogen-bond acceptors (Lipinski definition) is 1. The Bertz CT molecular complexity index is 610. The van der Waals surface area contributed by atoms with E-state index in [1.807, 2.05) is 6.07 Å². The smallest absolute Gasteiger partial charge is 0.165 e. The van der Waals surface area contributed by atoms with Crippen molar-refractivity contribution >= 4 is 15.9 Å². The minimum absolute atomic E-state index is 0.0865. The van der Waals surface area contributed by atoms with Gasteiger partial charge in [-0.2, -0.15) is 0 Å². The van der Waals surface area contributed by atoms with E-state index < -0.39 is 0 Å². The second-order valence-electron chi connectivity index (χ2n) is 5.00. The van der Waals surface area contributed by atoms with E-state index in [2.05, 4.69) is 48.0 Å². The summed E-state index contributed by atoms with van der Waals surface area (Å²) in [7, 11) is 1.47. The second-order valence-corrected chi connectivity index (χ2v) is 6.10. The summed E-state index contributed by atoms with van der Waals surface area (Å²) in [6.45, 7) is 4.18. The van der Waals surface area contributed by atoms with Crippen molar-refractivity contribution in [3.63, 3.8) is 0 Å². The molecule has 1 nitrogen and oxygen atoms in total. The Hall–Kier alpha value is -1.35. The number of methoxy groups -OCH3 is 1. The molecule has 0 spiro atoms. The third-order valence-electron chi connectivity index (χ3n) is 3.44. The first-order valence-corrected chi connectivity index (χ1v) is 7.46. The lowest BCUT2D eigenvalue weighted by Gasteiger charge is -2.14.